The molecule has 0 saturated carbocycles. The molecule has 19 heavy (non-hydrogen) atoms. The molecule has 0 spiro atoms. The van der Waals surface area contributed by atoms with Crippen molar-refractivity contribution in [1.29, 1.82) is 0 Å². The molecule has 0 aliphatic carbocycles. The van der Waals surface area contributed by atoms with Crippen molar-refractivity contribution in [2.24, 2.45) is 0 Å². The van der Waals surface area contributed by atoms with Gasteiger partial charge in [-0.2, -0.15) is 0 Å². The standard InChI is InChI=1S/C13H22ClN3O2/c1-4-6-11(16-17(3)19-5-2)13(18)10-7-8-12(14)15-9-10/h7-9,11,13,16,18H,4-6H2,1-3H3/t11?,13-/m1/s1. The van der Waals surface area contributed by atoms with Gasteiger partial charge in [-0.05, 0) is 19.4 Å². The molecule has 0 radical (unpaired) electrons. The molecule has 2 N–H and O–H groups in total. The quantitative estimate of drug-likeness (QED) is 0.568. The Bertz CT molecular complexity index is 361. The van der Waals surface area contributed by atoms with Gasteiger partial charge in [-0.15, -0.1) is 5.17 Å². The zero-order chi connectivity index (χ0) is 14.3. The van der Waals surface area contributed by atoms with Crippen LogP contribution >= 0.6 is 11.6 Å². The fourth-order valence-electron chi connectivity index (χ4n) is 1.86. The Morgan fingerprint density at radius 1 is 1.47 bits per heavy atom. The van der Waals surface area contributed by atoms with Crippen LogP contribution in [0.2, 0.25) is 5.15 Å². The summed E-state index contributed by atoms with van der Waals surface area (Å²) in [6, 6.07) is 3.32. The van der Waals surface area contributed by atoms with E-state index in [9.17, 15) is 5.11 Å². The number of hydrazine groups is 1. The van der Waals surface area contributed by atoms with Gasteiger partial charge >= 0.3 is 0 Å². The number of halogens is 1. The van der Waals surface area contributed by atoms with Crippen LogP contribution < -0.4 is 5.43 Å². The van der Waals surface area contributed by atoms with Gasteiger partial charge in [0, 0.05) is 18.8 Å². The van der Waals surface area contributed by atoms with Gasteiger partial charge < -0.3 is 5.11 Å². The third kappa shape index (κ3) is 5.42. The normalized spacial score (nSPS) is 14.6. The summed E-state index contributed by atoms with van der Waals surface area (Å²) in [7, 11) is 1.78. The van der Waals surface area contributed by atoms with Gasteiger partial charge in [-0.25, -0.2) is 10.4 Å². The number of nitrogens with zero attached hydrogens (tertiary/aromatic N) is 2. The number of aromatic nitrogens is 1. The summed E-state index contributed by atoms with van der Waals surface area (Å²) in [5.74, 6) is 0. The molecular formula is C13H22ClN3O2. The first-order valence-electron chi connectivity index (χ1n) is 6.50. The van der Waals surface area contributed by atoms with E-state index in [0.29, 0.717) is 11.8 Å². The minimum Gasteiger partial charge on any atom is -0.387 e. The Labute approximate surface area is 119 Å². The van der Waals surface area contributed by atoms with Crippen LogP contribution in [0.3, 0.4) is 0 Å². The van der Waals surface area contributed by atoms with Crippen molar-refractivity contribution in [2.75, 3.05) is 13.7 Å². The Kier molecular flexibility index (Phi) is 7.27. The number of nitrogens with one attached hydrogen (secondary N) is 1. The van der Waals surface area contributed by atoms with Crippen LogP contribution in [0.4, 0.5) is 0 Å². The smallest absolute Gasteiger partial charge is 0.129 e. The molecule has 5 nitrogen and oxygen atoms in total. The van der Waals surface area contributed by atoms with Crippen molar-refractivity contribution >= 4 is 11.6 Å². The summed E-state index contributed by atoms with van der Waals surface area (Å²) < 4.78 is 0. The van der Waals surface area contributed by atoms with E-state index in [-0.39, 0.29) is 6.04 Å². The highest BCUT2D eigenvalue weighted by atomic mass is 35.5. The predicted octanol–water partition coefficient (Wildman–Crippen LogP) is 2.33. The average Bonchev–Trinajstić information content (AvgIpc) is 2.38. The molecule has 6 heteroatoms. The first-order valence-corrected chi connectivity index (χ1v) is 6.88. The SMILES string of the molecule is CCCC(NN(C)OCC)[C@H](O)c1ccc(Cl)nc1. The van der Waals surface area contributed by atoms with Crippen LogP contribution in [-0.2, 0) is 4.84 Å². The Morgan fingerprint density at radius 3 is 2.74 bits per heavy atom. The molecule has 1 aromatic heterocycles. The molecule has 0 fully saturated rings. The Hall–Kier alpha value is -0.720. The van der Waals surface area contributed by atoms with E-state index in [0.717, 1.165) is 18.4 Å². The van der Waals surface area contributed by atoms with E-state index in [4.69, 9.17) is 16.4 Å². The second-order valence-corrected chi connectivity index (χ2v) is 4.69. The molecule has 0 amide bonds. The predicted molar refractivity (Wildman–Crippen MR) is 75.4 cm³/mol. The fraction of sp³-hybridized carbons (Fsp3) is 0.615. The number of pyridine rings is 1. The minimum absolute atomic E-state index is 0.135. The number of rotatable bonds is 8. The highest BCUT2D eigenvalue weighted by molar-refractivity contribution is 6.29. The first kappa shape index (κ1) is 16.3. The monoisotopic (exact) mass is 287 g/mol. The lowest BCUT2D eigenvalue weighted by Crippen LogP contribution is -2.45. The van der Waals surface area contributed by atoms with Crippen LogP contribution in [0.15, 0.2) is 18.3 Å². The molecule has 0 aromatic carbocycles. The van der Waals surface area contributed by atoms with Gasteiger partial charge in [0.25, 0.3) is 0 Å². The number of hydrogen-bond acceptors (Lipinski definition) is 5. The summed E-state index contributed by atoms with van der Waals surface area (Å²) in [4.78, 5) is 9.29. The average molecular weight is 288 g/mol. The summed E-state index contributed by atoms with van der Waals surface area (Å²) in [5, 5.41) is 12.3. The molecule has 0 aliphatic rings. The van der Waals surface area contributed by atoms with E-state index in [2.05, 4.69) is 17.3 Å². The van der Waals surface area contributed by atoms with E-state index in [1.165, 1.54) is 5.17 Å². The summed E-state index contributed by atoms with van der Waals surface area (Å²) in [5.41, 5.74) is 3.87. The number of aliphatic hydroxyl groups excluding tert-OH is 1. The van der Waals surface area contributed by atoms with Crippen molar-refractivity contribution < 1.29 is 9.94 Å². The second kappa shape index (κ2) is 8.45. The lowest BCUT2D eigenvalue weighted by atomic mass is 10.0. The maximum Gasteiger partial charge on any atom is 0.129 e. The van der Waals surface area contributed by atoms with E-state index >= 15 is 0 Å². The van der Waals surface area contributed by atoms with E-state index < -0.39 is 6.10 Å². The van der Waals surface area contributed by atoms with Crippen molar-refractivity contribution in [3.8, 4) is 0 Å². The van der Waals surface area contributed by atoms with Gasteiger partial charge in [0.2, 0.25) is 0 Å². The van der Waals surface area contributed by atoms with Gasteiger partial charge in [0.05, 0.1) is 18.8 Å². The zero-order valence-electron chi connectivity index (χ0n) is 11.6. The molecule has 0 bridgehead atoms. The van der Waals surface area contributed by atoms with Gasteiger partial charge in [0.1, 0.15) is 5.15 Å². The fourth-order valence-corrected chi connectivity index (χ4v) is 1.97. The molecule has 0 aliphatic heterocycles. The summed E-state index contributed by atoms with van der Waals surface area (Å²) >= 11 is 5.75. The topological polar surface area (TPSA) is 57.6 Å². The molecule has 2 atom stereocenters. The van der Waals surface area contributed by atoms with Crippen molar-refractivity contribution in [2.45, 2.75) is 38.8 Å². The maximum atomic E-state index is 10.4. The van der Waals surface area contributed by atoms with E-state index in [1.807, 2.05) is 6.92 Å². The number of aliphatic hydroxyl groups is 1. The van der Waals surface area contributed by atoms with Gasteiger partial charge in [-0.1, -0.05) is 31.0 Å². The molecule has 0 saturated heterocycles. The van der Waals surface area contributed by atoms with Crippen LogP contribution in [0.25, 0.3) is 0 Å². The largest absolute Gasteiger partial charge is 0.387 e. The highest BCUT2D eigenvalue weighted by Gasteiger charge is 2.21. The summed E-state index contributed by atoms with van der Waals surface area (Å²) in [6.07, 6.45) is 2.71. The van der Waals surface area contributed by atoms with E-state index in [1.54, 1.807) is 25.4 Å². The number of hydroxylamine groups is 1. The molecule has 1 unspecified atom stereocenters. The molecule has 1 rings (SSSR count). The van der Waals surface area contributed by atoms with Crippen molar-refractivity contribution in [3.63, 3.8) is 0 Å². The minimum atomic E-state index is -0.660. The van der Waals surface area contributed by atoms with Crippen molar-refractivity contribution in [3.05, 3.63) is 29.0 Å². The Morgan fingerprint density at radius 2 is 2.21 bits per heavy atom. The van der Waals surface area contributed by atoms with Gasteiger partial charge in [0.15, 0.2) is 0 Å². The zero-order valence-corrected chi connectivity index (χ0v) is 12.4. The van der Waals surface area contributed by atoms with Crippen LogP contribution in [0.5, 0.6) is 0 Å². The van der Waals surface area contributed by atoms with Crippen molar-refractivity contribution in [1.82, 2.24) is 15.6 Å². The number of hydrogen-bond donors (Lipinski definition) is 2. The molecule has 108 valence electrons. The van der Waals surface area contributed by atoms with Crippen LogP contribution in [0, 0.1) is 0 Å². The Balaban J connectivity index is 2.71. The third-order valence-electron chi connectivity index (χ3n) is 2.74. The molecule has 1 aromatic rings. The second-order valence-electron chi connectivity index (χ2n) is 4.30. The molecular weight excluding hydrogens is 266 g/mol. The molecule has 1 heterocycles. The lowest BCUT2D eigenvalue weighted by Gasteiger charge is -2.28. The third-order valence-corrected chi connectivity index (χ3v) is 2.97. The van der Waals surface area contributed by atoms with Crippen LogP contribution in [0.1, 0.15) is 38.4 Å². The maximum absolute atomic E-state index is 10.4. The lowest BCUT2D eigenvalue weighted by molar-refractivity contribution is -0.187. The van der Waals surface area contributed by atoms with Gasteiger partial charge in [-0.3, -0.25) is 4.84 Å². The first-order chi connectivity index (χ1) is 9.08. The van der Waals surface area contributed by atoms with Crippen LogP contribution in [-0.4, -0.2) is 35.0 Å². The summed E-state index contributed by atoms with van der Waals surface area (Å²) in [6.45, 7) is 4.55. The highest BCUT2D eigenvalue weighted by Crippen LogP contribution is 2.20.